The second-order valence-corrected chi connectivity index (χ2v) is 10.6. The fraction of sp³-hybridized carbons (Fsp3) is 0.593. The van der Waals surface area contributed by atoms with Crippen molar-refractivity contribution in [3.05, 3.63) is 42.0 Å². The first-order chi connectivity index (χ1) is 17.1. The van der Waals surface area contributed by atoms with Crippen LogP contribution in [0, 0.1) is 0 Å². The highest BCUT2D eigenvalue weighted by Crippen LogP contribution is 2.40. The molecule has 0 unspecified atom stereocenters. The Morgan fingerprint density at radius 3 is 2.51 bits per heavy atom. The molecule has 8 heteroatoms. The quantitative estimate of drug-likeness (QED) is 0.570. The van der Waals surface area contributed by atoms with Crippen molar-refractivity contribution in [2.75, 3.05) is 54.5 Å². The number of rotatable bonds is 6. The Hall–Kier alpha value is -2.45. The van der Waals surface area contributed by atoms with Gasteiger partial charge in [-0.05, 0) is 56.8 Å². The third kappa shape index (κ3) is 5.70. The van der Waals surface area contributed by atoms with Gasteiger partial charge in [0.05, 0.1) is 13.2 Å². The van der Waals surface area contributed by atoms with E-state index in [4.69, 9.17) is 26.9 Å². The van der Waals surface area contributed by atoms with E-state index in [2.05, 4.69) is 63.8 Å². The number of anilines is 3. The van der Waals surface area contributed by atoms with Gasteiger partial charge in [-0.25, -0.2) is 0 Å². The van der Waals surface area contributed by atoms with E-state index < -0.39 is 0 Å². The molecule has 3 heterocycles. The molecule has 1 aromatic heterocycles. The SMILES string of the molecule is C[C@H]1CCCCN1c1cc(N2CCOCC2)nc(NC(=S)NCC2(c3ccccc3)CCCC2)n1. The molecule has 3 fully saturated rings. The lowest BCUT2D eigenvalue weighted by molar-refractivity contribution is 0.122. The predicted octanol–water partition coefficient (Wildman–Crippen LogP) is 4.49. The van der Waals surface area contributed by atoms with E-state index in [0.717, 1.165) is 51.0 Å². The largest absolute Gasteiger partial charge is 0.378 e. The fourth-order valence-corrected chi connectivity index (χ4v) is 5.99. The molecule has 0 amide bonds. The number of hydrogen-bond donors (Lipinski definition) is 2. The summed E-state index contributed by atoms with van der Waals surface area (Å²) in [5.74, 6) is 2.49. The van der Waals surface area contributed by atoms with E-state index in [1.54, 1.807) is 0 Å². The molecule has 2 aromatic rings. The molecule has 1 aromatic carbocycles. The van der Waals surface area contributed by atoms with Gasteiger partial charge in [0.25, 0.3) is 0 Å². The summed E-state index contributed by atoms with van der Waals surface area (Å²) in [6, 6.07) is 13.5. The summed E-state index contributed by atoms with van der Waals surface area (Å²) in [4.78, 5) is 14.5. The van der Waals surface area contributed by atoms with Crippen molar-refractivity contribution in [3.63, 3.8) is 0 Å². The molecule has 0 radical (unpaired) electrons. The Morgan fingerprint density at radius 1 is 1.03 bits per heavy atom. The minimum atomic E-state index is 0.137. The smallest absolute Gasteiger partial charge is 0.232 e. The number of hydrogen-bond acceptors (Lipinski definition) is 6. The molecule has 1 saturated carbocycles. The molecule has 2 saturated heterocycles. The normalized spacial score (nSPS) is 22.1. The minimum Gasteiger partial charge on any atom is -0.378 e. The Bertz CT molecular complexity index is 990. The zero-order valence-electron chi connectivity index (χ0n) is 20.8. The van der Waals surface area contributed by atoms with Gasteiger partial charge in [0.15, 0.2) is 5.11 Å². The zero-order valence-corrected chi connectivity index (χ0v) is 21.7. The molecule has 188 valence electrons. The van der Waals surface area contributed by atoms with Crippen molar-refractivity contribution in [2.45, 2.75) is 63.3 Å². The standard InChI is InChI=1S/C27H38N6OS/c1-21-9-5-8-14-33(21)24-19-23(32-15-17-34-18-16-32)29-25(30-24)31-26(35)28-20-27(12-6-7-13-27)22-10-3-2-4-11-22/h2-4,10-11,19,21H,5-9,12-18,20H2,1H3,(H2,28,29,30,31,35)/t21-/m0/s1. The number of morpholine rings is 1. The van der Waals surface area contributed by atoms with Gasteiger partial charge in [0.1, 0.15) is 11.6 Å². The van der Waals surface area contributed by atoms with E-state index in [9.17, 15) is 0 Å². The number of benzene rings is 1. The number of ether oxygens (including phenoxy) is 1. The summed E-state index contributed by atoms with van der Waals surface area (Å²) in [5.41, 5.74) is 1.54. The van der Waals surface area contributed by atoms with Crippen molar-refractivity contribution in [2.24, 2.45) is 0 Å². The van der Waals surface area contributed by atoms with Crippen LogP contribution in [0.3, 0.4) is 0 Å². The van der Waals surface area contributed by atoms with Crippen molar-refractivity contribution < 1.29 is 4.74 Å². The molecule has 3 aliphatic rings. The van der Waals surface area contributed by atoms with E-state index in [1.165, 1.54) is 50.5 Å². The average molecular weight is 495 g/mol. The van der Waals surface area contributed by atoms with Crippen LogP contribution in [0.5, 0.6) is 0 Å². The van der Waals surface area contributed by atoms with Crippen LogP contribution in [0.25, 0.3) is 0 Å². The summed E-state index contributed by atoms with van der Waals surface area (Å²) < 4.78 is 5.56. The summed E-state index contributed by atoms with van der Waals surface area (Å²) in [6.45, 7) is 7.28. The van der Waals surface area contributed by atoms with Gasteiger partial charge in [-0.1, -0.05) is 43.2 Å². The van der Waals surface area contributed by atoms with Gasteiger partial charge in [-0.2, -0.15) is 9.97 Å². The Kier molecular flexibility index (Phi) is 7.68. The van der Waals surface area contributed by atoms with E-state index in [-0.39, 0.29) is 5.41 Å². The predicted molar refractivity (Wildman–Crippen MR) is 147 cm³/mol. The van der Waals surface area contributed by atoms with Gasteiger partial charge in [-0.15, -0.1) is 0 Å². The summed E-state index contributed by atoms with van der Waals surface area (Å²) >= 11 is 5.74. The second-order valence-electron chi connectivity index (χ2n) is 10.2. The van der Waals surface area contributed by atoms with Crippen molar-refractivity contribution in [1.82, 2.24) is 15.3 Å². The molecule has 0 spiro atoms. The maximum absolute atomic E-state index is 5.74. The van der Waals surface area contributed by atoms with Crippen molar-refractivity contribution in [1.29, 1.82) is 0 Å². The second kappa shape index (κ2) is 11.1. The topological polar surface area (TPSA) is 65.6 Å². The van der Waals surface area contributed by atoms with Crippen LogP contribution in [-0.4, -0.2) is 60.5 Å². The number of thiocarbonyl (C=S) groups is 1. The molecule has 7 nitrogen and oxygen atoms in total. The fourth-order valence-electron chi connectivity index (χ4n) is 5.82. The monoisotopic (exact) mass is 494 g/mol. The van der Waals surface area contributed by atoms with E-state index >= 15 is 0 Å². The Morgan fingerprint density at radius 2 is 1.77 bits per heavy atom. The van der Waals surface area contributed by atoms with Gasteiger partial charge in [0.2, 0.25) is 5.95 Å². The average Bonchev–Trinajstić information content (AvgIpc) is 3.39. The highest BCUT2D eigenvalue weighted by Gasteiger charge is 2.35. The molecule has 5 rings (SSSR count). The van der Waals surface area contributed by atoms with Crippen molar-refractivity contribution in [3.8, 4) is 0 Å². The lowest BCUT2D eigenvalue weighted by Crippen LogP contribution is -2.42. The van der Waals surface area contributed by atoms with Gasteiger partial charge in [-0.3, -0.25) is 0 Å². The van der Waals surface area contributed by atoms with Crippen LogP contribution in [0.15, 0.2) is 36.4 Å². The number of nitrogens with zero attached hydrogens (tertiary/aromatic N) is 4. The van der Waals surface area contributed by atoms with Crippen LogP contribution >= 0.6 is 12.2 Å². The van der Waals surface area contributed by atoms with Crippen LogP contribution in [0.4, 0.5) is 17.6 Å². The summed E-state index contributed by atoms with van der Waals surface area (Å²) in [7, 11) is 0. The molecule has 2 aliphatic heterocycles. The first-order valence-corrected chi connectivity index (χ1v) is 13.6. The van der Waals surface area contributed by atoms with Gasteiger partial charge < -0.3 is 25.2 Å². The van der Waals surface area contributed by atoms with Crippen molar-refractivity contribution >= 4 is 34.9 Å². The summed E-state index contributed by atoms with van der Waals surface area (Å²) in [6.07, 6.45) is 8.57. The Labute approximate surface area is 214 Å². The molecule has 0 bridgehead atoms. The molecule has 1 aliphatic carbocycles. The summed E-state index contributed by atoms with van der Waals surface area (Å²) in [5, 5.41) is 7.42. The maximum Gasteiger partial charge on any atom is 0.232 e. The van der Waals surface area contributed by atoms with Gasteiger partial charge in [0, 0.05) is 43.7 Å². The van der Waals surface area contributed by atoms with Crippen LogP contribution in [-0.2, 0) is 10.2 Å². The molecule has 1 atom stereocenters. The van der Waals surface area contributed by atoms with E-state index in [0.29, 0.717) is 17.1 Å². The number of nitrogens with one attached hydrogen (secondary N) is 2. The minimum absolute atomic E-state index is 0.137. The highest BCUT2D eigenvalue weighted by molar-refractivity contribution is 7.80. The maximum atomic E-state index is 5.74. The number of piperidine rings is 1. The lowest BCUT2D eigenvalue weighted by atomic mass is 9.79. The molecular weight excluding hydrogens is 456 g/mol. The highest BCUT2D eigenvalue weighted by atomic mass is 32.1. The first kappa shape index (κ1) is 24.3. The Balaban J connectivity index is 1.32. The molecule has 2 N–H and O–H groups in total. The van der Waals surface area contributed by atoms with Crippen LogP contribution in [0.1, 0.15) is 57.4 Å². The number of aromatic nitrogens is 2. The third-order valence-electron chi connectivity index (χ3n) is 7.89. The molecular formula is C27H38N6OS. The first-order valence-electron chi connectivity index (χ1n) is 13.2. The molecule has 35 heavy (non-hydrogen) atoms. The zero-order chi connectivity index (χ0) is 24.1. The van der Waals surface area contributed by atoms with Crippen LogP contribution < -0.4 is 20.4 Å². The third-order valence-corrected chi connectivity index (χ3v) is 8.14. The van der Waals surface area contributed by atoms with Gasteiger partial charge >= 0.3 is 0 Å². The van der Waals surface area contributed by atoms with Crippen LogP contribution in [0.2, 0.25) is 0 Å². The lowest BCUT2D eigenvalue weighted by Gasteiger charge is -2.35. The van der Waals surface area contributed by atoms with E-state index in [1.807, 2.05) is 0 Å².